The van der Waals surface area contributed by atoms with Gasteiger partial charge in [0, 0.05) is 27.9 Å². The number of aromatic nitrogens is 1. The number of nitrogens with one attached hydrogen (secondary N) is 1. The molecule has 2 rings (SSSR count). The number of nitrogens with zero attached hydrogens (tertiary/aromatic N) is 1. The molecule has 1 aromatic carbocycles. The zero-order valence-electron chi connectivity index (χ0n) is 17.1. The highest BCUT2D eigenvalue weighted by Crippen LogP contribution is 2.35. The summed E-state index contributed by atoms with van der Waals surface area (Å²) in [5.41, 5.74) is -0.0650. The molecule has 1 heterocycles. The molecule has 0 saturated heterocycles. The molecule has 0 bridgehead atoms. The molecular formula is C21H26ClFN2O3S. The van der Waals surface area contributed by atoms with Crippen molar-refractivity contribution in [1.82, 2.24) is 10.3 Å². The van der Waals surface area contributed by atoms with E-state index in [0.717, 1.165) is 5.03 Å². The van der Waals surface area contributed by atoms with Crippen LogP contribution in [0.3, 0.4) is 0 Å². The number of pyridine rings is 1. The third kappa shape index (κ3) is 6.07. The van der Waals surface area contributed by atoms with Gasteiger partial charge in [-0.25, -0.2) is 14.2 Å². The van der Waals surface area contributed by atoms with Gasteiger partial charge in [-0.3, -0.25) is 0 Å². The van der Waals surface area contributed by atoms with Gasteiger partial charge in [0.2, 0.25) is 0 Å². The van der Waals surface area contributed by atoms with E-state index in [1.54, 1.807) is 32.9 Å². The molecule has 29 heavy (non-hydrogen) atoms. The molecule has 0 aliphatic carbocycles. The van der Waals surface area contributed by atoms with Crippen LogP contribution in [0.2, 0.25) is 5.02 Å². The van der Waals surface area contributed by atoms with Crippen molar-refractivity contribution in [1.29, 1.82) is 0 Å². The van der Waals surface area contributed by atoms with Gasteiger partial charge in [-0.15, -0.1) is 11.8 Å². The third-order valence-electron chi connectivity index (χ3n) is 4.19. The van der Waals surface area contributed by atoms with E-state index in [1.807, 2.05) is 13.2 Å². The Hall–Kier alpha value is -1.83. The Morgan fingerprint density at radius 1 is 1.34 bits per heavy atom. The number of benzene rings is 1. The van der Waals surface area contributed by atoms with Crippen LogP contribution in [0.15, 0.2) is 35.5 Å². The van der Waals surface area contributed by atoms with Crippen molar-refractivity contribution >= 4 is 29.5 Å². The number of alkyl carbamates (subject to hydrolysis) is 1. The van der Waals surface area contributed by atoms with Crippen LogP contribution in [0.4, 0.5) is 9.18 Å². The fraction of sp³-hybridized carbons (Fsp3) is 0.429. The molecule has 2 N–H and O–H groups in total. The summed E-state index contributed by atoms with van der Waals surface area (Å²) in [7, 11) is 0. The highest BCUT2D eigenvalue weighted by molar-refractivity contribution is 7.98. The van der Waals surface area contributed by atoms with E-state index in [1.165, 1.54) is 30.1 Å². The van der Waals surface area contributed by atoms with Gasteiger partial charge in [-0.1, -0.05) is 30.7 Å². The van der Waals surface area contributed by atoms with Crippen LogP contribution in [0.1, 0.15) is 63.0 Å². The molecule has 158 valence electrons. The van der Waals surface area contributed by atoms with E-state index in [9.17, 15) is 9.90 Å². The minimum Gasteiger partial charge on any atom is -0.444 e. The summed E-state index contributed by atoms with van der Waals surface area (Å²) in [6, 6.07) is 5.82. The molecule has 1 aromatic heterocycles. The number of hydrogen-bond acceptors (Lipinski definition) is 5. The first kappa shape index (κ1) is 23.4. The van der Waals surface area contributed by atoms with Gasteiger partial charge in [-0.2, -0.15) is 0 Å². The standard InChI is InChI=1S/C21H26ClFN2O3S/c1-6-15(25-20(27)28-21(2,3)4)13-8-9-14(22)17(18(13)23)19(26)12-7-10-16(29-5)24-11-12/h7-11,15,19,26H,6H2,1-5H3,(H,25,27)/t15-,19?/m1/s1. The molecule has 2 atom stereocenters. The summed E-state index contributed by atoms with van der Waals surface area (Å²) < 4.78 is 20.6. The van der Waals surface area contributed by atoms with Crippen LogP contribution in [-0.2, 0) is 4.74 Å². The molecule has 8 heteroatoms. The van der Waals surface area contributed by atoms with Crippen molar-refractivity contribution in [3.63, 3.8) is 0 Å². The highest BCUT2D eigenvalue weighted by atomic mass is 35.5. The number of carbonyl (C=O) groups excluding carboxylic acids is 1. The number of hydrogen-bond donors (Lipinski definition) is 2. The van der Waals surface area contributed by atoms with E-state index in [2.05, 4.69) is 10.3 Å². The van der Waals surface area contributed by atoms with Gasteiger partial charge in [0.05, 0.1) is 11.1 Å². The third-order valence-corrected chi connectivity index (χ3v) is 5.18. The lowest BCUT2D eigenvalue weighted by Gasteiger charge is -2.24. The van der Waals surface area contributed by atoms with Gasteiger partial charge in [0.15, 0.2) is 0 Å². The summed E-state index contributed by atoms with van der Waals surface area (Å²) in [6.45, 7) is 7.07. The van der Waals surface area contributed by atoms with Crippen LogP contribution in [0.25, 0.3) is 0 Å². The van der Waals surface area contributed by atoms with Gasteiger partial charge in [0.1, 0.15) is 17.5 Å². The summed E-state index contributed by atoms with van der Waals surface area (Å²) in [4.78, 5) is 16.4. The molecule has 5 nitrogen and oxygen atoms in total. The topological polar surface area (TPSA) is 71.5 Å². The molecule has 2 aromatic rings. The first-order valence-electron chi connectivity index (χ1n) is 9.22. The number of thioether (sulfide) groups is 1. The predicted octanol–water partition coefficient (Wildman–Crippen LogP) is 5.65. The highest BCUT2D eigenvalue weighted by Gasteiger charge is 2.26. The van der Waals surface area contributed by atoms with Crippen LogP contribution in [0, 0.1) is 5.82 Å². The van der Waals surface area contributed by atoms with Crippen LogP contribution >= 0.6 is 23.4 Å². The van der Waals surface area contributed by atoms with Crippen molar-refractivity contribution in [3.05, 3.63) is 58.0 Å². The Morgan fingerprint density at radius 3 is 2.55 bits per heavy atom. The molecule has 0 aliphatic rings. The van der Waals surface area contributed by atoms with Gasteiger partial charge in [-0.05, 0) is 45.6 Å². The Kier molecular flexibility index (Phi) is 7.91. The summed E-state index contributed by atoms with van der Waals surface area (Å²) in [5, 5.41) is 14.3. The zero-order valence-corrected chi connectivity index (χ0v) is 18.7. The predicted molar refractivity (Wildman–Crippen MR) is 114 cm³/mol. The second kappa shape index (κ2) is 9.78. The zero-order chi connectivity index (χ0) is 21.8. The number of rotatable bonds is 6. The lowest BCUT2D eigenvalue weighted by atomic mass is 9.96. The van der Waals surface area contributed by atoms with E-state index in [4.69, 9.17) is 16.3 Å². The minimum absolute atomic E-state index is 0.0488. The minimum atomic E-state index is -1.29. The SMILES string of the molecule is CC[C@@H](NC(=O)OC(C)(C)C)c1ccc(Cl)c(C(O)c2ccc(SC)nc2)c1F. The first-order chi connectivity index (χ1) is 13.6. The van der Waals surface area contributed by atoms with Crippen molar-refractivity contribution in [2.45, 2.75) is 56.9 Å². The Bertz CT molecular complexity index is 856. The van der Waals surface area contributed by atoms with E-state index >= 15 is 4.39 Å². The molecule has 0 fully saturated rings. The van der Waals surface area contributed by atoms with Crippen LogP contribution in [0.5, 0.6) is 0 Å². The molecule has 0 spiro atoms. The monoisotopic (exact) mass is 440 g/mol. The molecule has 0 saturated carbocycles. The molecule has 0 radical (unpaired) electrons. The largest absolute Gasteiger partial charge is 0.444 e. The smallest absolute Gasteiger partial charge is 0.408 e. The summed E-state index contributed by atoms with van der Waals surface area (Å²) in [5.74, 6) is -0.665. The number of ether oxygens (including phenoxy) is 1. The quantitative estimate of drug-likeness (QED) is 0.567. The number of aliphatic hydroxyl groups excluding tert-OH is 1. The maximum Gasteiger partial charge on any atom is 0.408 e. The van der Waals surface area contributed by atoms with Gasteiger partial charge < -0.3 is 15.2 Å². The van der Waals surface area contributed by atoms with E-state index in [-0.39, 0.29) is 16.1 Å². The van der Waals surface area contributed by atoms with Crippen molar-refractivity contribution in [2.75, 3.05) is 6.26 Å². The lowest BCUT2D eigenvalue weighted by molar-refractivity contribution is 0.0501. The Labute approximate surface area is 180 Å². The first-order valence-corrected chi connectivity index (χ1v) is 10.8. The normalized spacial score (nSPS) is 13.7. The van der Waals surface area contributed by atoms with E-state index < -0.39 is 29.7 Å². The Morgan fingerprint density at radius 2 is 2.03 bits per heavy atom. The van der Waals surface area contributed by atoms with Crippen molar-refractivity contribution < 1.29 is 19.0 Å². The number of aliphatic hydroxyl groups is 1. The molecular weight excluding hydrogens is 415 g/mol. The summed E-state index contributed by atoms with van der Waals surface area (Å²) >= 11 is 7.67. The molecule has 1 unspecified atom stereocenters. The number of carbonyl (C=O) groups is 1. The van der Waals surface area contributed by atoms with Gasteiger partial charge >= 0.3 is 6.09 Å². The maximum atomic E-state index is 15.4. The maximum absolute atomic E-state index is 15.4. The van der Waals surface area contributed by atoms with Crippen LogP contribution < -0.4 is 5.32 Å². The fourth-order valence-corrected chi connectivity index (χ4v) is 3.41. The summed E-state index contributed by atoms with van der Waals surface area (Å²) in [6.07, 6.45) is 1.88. The molecule has 0 aliphatic heterocycles. The van der Waals surface area contributed by atoms with E-state index in [0.29, 0.717) is 12.0 Å². The number of amides is 1. The van der Waals surface area contributed by atoms with Gasteiger partial charge in [0.25, 0.3) is 0 Å². The van der Waals surface area contributed by atoms with Crippen LogP contribution in [-0.4, -0.2) is 28.0 Å². The average Bonchev–Trinajstić information content (AvgIpc) is 2.65. The second-order valence-corrected chi connectivity index (χ2v) is 8.74. The Balaban J connectivity index is 2.36. The lowest BCUT2D eigenvalue weighted by Crippen LogP contribution is -2.35. The number of halogens is 2. The average molecular weight is 441 g/mol. The second-order valence-electron chi connectivity index (χ2n) is 7.51. The molecule has 1 amide bonds. The van der Waals surface area contributed by atoms with Crippen molar-refractivity contribution in [3.8, 4) is 0 Å². The van der Waals surface area contributed by atoms with Crippen molar-refractivity contribution in [2.24, 2.45) is 0 Å². The fourth-order valence-electron chi connectivity index (χ4n) is 2.80.